The van der Waals surface area contributed by atoms with E-state index < -0.39 is 5.67 Å². The quantitative estimate of drug-likeness (QED) is 0.813. The Hall–Kier alpha value is -0.900. The molecule has 2 rings (SSSR count). The molecular formula is C11H18FN3. The van der Waals surface area contributed by atoms with Crippen LogP contribution >= 0.6 is 0 Å². The van der Waals surface area contributed by atoms with Gasteiger partial charge in [-0.3, -0.25) is 4.68 Å². The Balaban J connectivity index is 2.58. The van der Waals surface area contributed by atoms with E-state index >= 15 is 0 Å². The van der Waals surface area contributed by atoms with Gasteiger partial charge in [0.25, 0.3) is 0 Å². The van der Waals surface area contributed by atoms with E-state index in [2.05, 4.69) is 18.9 Å². The van der Waals surface area contributed by atoms with E-state index in [4.69, 9.17) is 5.73 Å². The second-order valence-electron chi connectivity index (χ2n) is 4.71. The second-order valence-corrected chi connectivity index (χ2v) is 4.71. The lowest BCUT2D eigenvalue weighted by molar-refractivity contribution is 0.192. The van der Waals surface area contributed by atoms with Crippen molar-refractivity contribution in [2.24, 2.45) is 5.73 Å². The molecule has 84 valence electrons. The van der Waals surface area contributed by atoms with Crippen LogP contribution in [0.5, 0.6) is 0 Å². The number of alkyl halides is 1. The Morgan fingerprint density at radius 3 is 2.80 bits per heavy atom. The van der Waals surface area contributed by atoms with Crippen molar-refractivity contribution >= 4 is 0 Å². The molecule has 4 heteroatoms. The van der Waals surface area contributed by atoms with Gasteiger partial charge in [-0.15, -0.1) is 0 Å². The number of nitrogens with zero attached hydrogens (tertiary/aromatic N) is 2. The molecule has 0 aromatic carbocycles. The fourth-order valence-corrected chi connectivity index (χ4v) is 2.41. The van der Waals surface area contributed by atoms with Gasteiger partial charge in [0.1, 0.15) is 5.67 Å². The zero-order valence-electron chi connectivity index (χ0n) is 9.55. The van der Waals surface area contributed by atoms with Gasteiger partial charge in [0.15, 0.2) is 0 Å². The van der Waals surface area contributed by atoms with E-state index in [1.54, 1.807) is 6.92 Å². The molecule has 3 nitrogen and oxygen atoms in total. The minimum Gasteiger partial charge on any atom is -0.325 e. The van der Waals surface area contributed by atoms with Crippen molar-refractivity contribution in [1.82, 2.24) is 9.78 Å². The van der Waals surface area contributed by atoms with Crippen LogP contribution in [0.2, 0.25) is 0 Å². The summed E-state index contributed by atoms with van der Waals surface area (Å²) in [6.45, 7) is 6.06. The van der Waals surface area contributed by atoms with Crippen molar-refractivity contribution < 1.29 is 4.39 Å². The third kappa shape index (κ3) is 1.47. The fourth-order valence-electron chi connectivity index (χ4n) is 2.41. The highest BCUT2D eigenvalue weighted by Gasteiger charge is 2.40. The number of hydrogen-bond acceptors (Lipinski definition) is 2. The molecule has 0 radical (unpaired) electrons. The molecule has 1 aromatic heterocycles. The number of hydrogen-bond donors (Lipinski definition) is 1. The first-order valence-electron chi connectivity index (χ1n) is 5.47. The van der Waals surface area contributed by atoms with Crippen molar-refractivity contribution in [1.29, 1.82) is 0 Å². The molecule has 0 fully saturated rings. The summed E-state index contributed by atoms with van der Waals surface area (Å²) in [5, 5.41) is 4.40. The van der Waals surface area contributed by atoms with E-state index in [9.17, 15) is 4.39 Å². The Morgan fingerprint density at radius 2 is 2.27 bits per heavy atom. The van der Waals surface area contributed by atoms with Crippen LogP contribution in [0.1, 0.15) is 50.2 Å². The summed E-state index contributed by atoms with van der Waals surface area (Å²) in [5.41, 5.74) is 6.89. The van der Waals surface area contributed by atoms with Crippen molar-refractivity contribution in [2.75, 3.05) is 0 Å². The summed E-state index contributed by atoms with van der Waals surface area (Å²) < 4.78 is 16.1. The van der Waals surface area contributed by atoms with Crippen molar-refractivity contribution in [3.63, 3.8) is 0 Å². The maximum atomic E-state index is 14.2. The number of fused-ring (bicyclic) bond motifs is 1. The first kappa shape index (κ1) is 10.6. The Kier molecular flexibility index (Phi) is 2.34. The highest BCUT2D eigenvalue weighted by Crippen LogP contribution is 2.42. The van der Waals surface area contributed by atoms with Gasteiger partial charge in [0.2, 0.25) is 0 Å². The van der Waals surface area contributed by atoms with Crippen LogP contribution < -0.4 is 5.73 Å². The highest BCUT2D eigenvalue weighted by atomic mass is 19.1. The van der Waals surface area contributed by atoms with Gasteiger partial charge >= 0.3 is 0 Å². The number of rotatable bonds is 2. The highest BCUT2D eigenvalue weighted by molar-refractivity contribution is 5.37. The zero-order chi connectivity index (χ0) is 11.2. The third-order valence-electron chi connectivity index (χ3n) is 3.12. The standard InChI is InChI=1S/C11H18FN3/c1-7(2)15-9-4-5-11(3,12)10(9)8(6-13)14-15/h7H,4-6,13H2,1-3H3. The smallest absolute Gasteiger partial charge is 0.137 e. The average molecular weight is 211 g/mol. The summed E-state index contributed by atoms with van der Waals surface area (Å²) in [6, 6.07) is 0.271. The van der Waals surface area contributed by atoms with Crippen molar-refractivity contribution in [3.8, 4) is 0 Å². The summed E-state index contributed by atoms with van der Waals surface area (Å²) in [6.07, 6.45) is 1.33. The minimum atomic E-state index is -1.24. The molecule has 0 amide bonds. The molecule has 1 unspecified atom stereocenters. The van der Waals surface area contributed by atoms with Gasteiger partial charge in [0, 0.05) is 23.8 Å². The molecule has 1 atom stereocenters. The van der Waals surface area contributed by atoms with E-state index in [0.29, 0.717) is 13.0 Å². The number of aromatic nitrogens is 2. The predicted octanol–water partition coefficient (Wildman–Crippen LogP) is 2.05. The predicted molar refractivity (Wildman–Crippen MR) is 57.3 cm³/mol. The molecule has 1 aromatic rings. The molecule has 0 saturated carbocycles. The van der Waals surface area contributed by atoms with Gasteiger partial charge in [-0.05, 0) is 33.6 Å². The van der Waals surface area contributed by atoms with E-state index in [1.165, 1.54) is 0 Å². The lowest BCUT2D eigenvalue weighted by Gasteiger charge is -2.13. The topological polar surface area (TPSA) is 43.8 Å². The molecule has 1 heterocycles. The maximum absolute atomic E-state index is 14.2. The van der Waals surface area contributed by atoms with Crippen LogP contribution in [0, 0.1) is 0 Å². The minimum absolute atomic E-state index is 0.271. The van der Waals surface area contributed by atoms with Gasteiger partial charge in [0.05, 0.1) is 5.69 Å². The summed E-state index contributed by atoms with van der Waals surface area (Å²) >= 11 is 0. The van der Waals surface area contributed by atoms with E-state index in [0.717, 1.165) is 23.4 Å². The molecule has 15 heavy (non-hydrogen) atoms. The van der Waals surface area contributed by atoms with Gasteiger partial charge in [-0.2, -0.15) is 5.10 Å². The van der Waals surface area contributed by atoms with E-state index in [-0.39, 0.29) is 6.04 Å². The van der Waals surface area contributed by atoms with Crippen LogP contribution in [-0.4, -0.2) is 9.78 Å². The lowest BCUT2D eigenvalue weighted by atomic mass is 10.0. The molecule has 2 N–H and O–H groups in total. The third-order valence-corrected chi connectivity index (χ3v) is 3.12. The average Bonchev–Trinajstić information content (AvgIpc) is 2.65. The van der Waals surface area contributed by atoms with Gasteiger partial charge in [-0.1, -0.05) is 0 Å². The van der Waals surface area contributed by atoms with Crippen LogP contribution in [0.3, 0.4) is 0 Å². The van der Waals surface area contributed by atoms with Crippen LogP contribution in [0.4, 0.5) is 4.39 Å². The molecule has 1 aliphatic rings. The molecular weight excluding hydrogens is 193 g/mol. The summed E-state index contributed by atoms with van der Waals surface area (Å²) in [7, 11) is 0. The lowest BCUT2D eigenvalue weighted by Crippen LogP contribution is -2.14. The number of halogens is 1. The van der Waals surface area contributed by atoms with Crippen LogP contribution in [-0.2, 0) is 18.6 Å². The monoisotopic (exact) mass is 211 g/mol. The normalized spacial score (nSPS) is 24.9. The number of nitrogens with two attached hydrogens (primary N) is 1. The molecule has 0 spiro atoms. The van der Waals surface area contributed by atoms with Crippen LogP contribution in [0.25, 0.3) is 0 Å². The Bertz CT molecular complexity index is 379. The zero-order valence-corrected chi connectivity index (χ0v) is 9.55. The maximum Gasteiger partial charge on any atom is 0.137 e. The molecule has 0 bridgehead atoms. The van der Waals surface area contributed by atoms with Gasteiger partial charge < -0.3 is 5.73 Å². The molecule has 0 saturated heterocycles. The first-order valence-corrected chi connectivity index (χ1v) is 5.47. The van der Waals surface area contributed by atoms with Gasteiger partial charge in [-0.25, -0.2) is 4.39 Å². The summed E-state index contributed by atoms with van der Waals surface area (Å²) in [5.74, 6) is 0. The Labute approximate surface area is 89.5 Å². The second kappa shape index (κ2) is 3.30. The largest absolute Gasteiger partial charge is 0.325 e. The van der Waals surface area contributed by atoms with Crippen molar-refractivity contribution in [3.05, 3.63) is 17.0 Å². The van der Waals surface area contributed by atoms with E-state index in [1.807, 2.05) is 4.68 Å². The van der Waals surface area contributed by atoms with Crippen molar-refractivity contribution in [2.45, 2.75) is 51.9 Å². The van der Waals surface area contributed by atoms with Crippen LogP contribution in [0.15, 0.2) is 0 Å². The Morgan fingerprint density at radius 1 is 1.60 bits per heavy atom. The summed E-state index contributed by atoms with van der Waals surface area (Å²) in [4.78, 5) is 0. The molecule has 0 aliphatic heterocycles. The first-order chi connectivity index (χ1) is 6.97. The molecule has 1 aliphatic carbocycles. The SMILES string of the molecule is CC(C)n1nc(CN)c2c1CCC2(C)F. The fraction of sp³-hybridized carbons (Fsp3) is 0.727.